The van der Waals surface area contributed by atoms with Gasteiger partial charge in [0.05, 0.1) is 30.5 Å². The Hall–Kier alpha value is -4.30. The van der Waals surface area contributed by atoms with Crippen LogP contribution in [0, 0.1) is 11.8 Å². The number of amides is 2. The van der Waals surface area contributed by atoms with Crippen LogP contribution in [-0.4, -0.2) is 61.8 Å². The van der Waals surface area contributed by atoms with E-state index in [1.54, 1.807) is 12.1 Å². The molecule has 3 aromatic rings. The first kappa shape index (κ1) is 31.1. The summed E-state index contributed by atoms with van der Waals surface area (Å²) in [7, 11) is 0. The molecule has 3 aromatic carbocycles. The number of hydrogen-bond donors (Lipinski definition) is 0. The summed E-state index contributed by atoms with van der Waals surface area (Å²) in [5, 5.41) is 6.45. The Morgan fingerprint density at radius 1 is 0.795 bits per heavy atom. The second-order valence-corrected chi connectivity index (χ2v) is 11.0. The maximum Gasteiger partial charge on any atom is 0.253 e. The Morgan fingerprint density at radius 3 is 2.14 bits per heavy atom. The Balaban J connectivity index is 0.00000384. The van der Waals surface area contributed by atoms with Crippen molar-refractivity contribution in [3.63, 3.8) is 0 Å². The number of carbonyl (C=O) groups is 2. The van der Waals surface area contributed by atoms with Gasteiger partial charge in [-0.2, -0.15) is 5.10 Å². The lowest BCUT2D eigenvalue weighted by Crippen LogP contribution is -2.48. The predicted octanol–water partition coefficient (Wildman–Crippen LogP) is 6.20. The highest BCUT2D eigenvalue weighted by atomic mass is 35.5. The molecule has 2 atom stereocenters. The molecule has 2 heterocycles. The first-order chi connectivity index (χ1) is 21.1. The summed E-state index contributed by atoms with van der Waals surface area (Å²) in [5.74, 6) is 1.12. The number of piperazine rings is 1. The van der Waals surface area contributed by atoms with Crippen molar-refractivity contribution in [1.29, 1.82) is 0 Å². The molecule has 0 spiro atoms. The number of hydrazone groups is 1. The Bertz CT molecular complexity index is 1520. The van der Waals surface area contributed by atoms with Crippen LogP contribution < -0.4 is 19.4 Å². The minimum Gasteiger partial charge on any atom is -0.490 e. The fourth-order valence-electron chi connectivity index (χ4n) is 6.18. The van der Waals surface area contributed by atoms with E-state index in [-0.39, 0.29) is 36.1 Å². The lowest BCUT2D eigenvalue weighted by molar-refractivity contribution is -0.123. The van der Waals surface area contributed by atoms with E-state index in [1.165, 1.54) is 10.7 Å². The number of allylic oxidation sites excluding steroid dienone is 2. The Morgan fingerprint density at radius 2 is 1.45 bits per heavy atom. The first-order valence-corrected chi connectivity index (χ1v) is 15.2. The number of nitrogens with zero attached hydrogens (tertiary/aromatic N) is 4. The van der Waals surface area contributed by atoms with Gasteiger partial charge in [-0.25, -0.2) is 5.01 Å². The highest BCUT2D eigenvalue weighted by molar-refractivity contribution is 6.11. The van der Waals surface area contributed by atoms with Crippen molar-refractivity contribution in [3.05, 3.63) is 96.1 Å². The molecule has 1 fully saturated rings. The molecule has 0 saturated carbocycles. The predicted molar refractivity (Wildman–Crippen MR) is 176 cm³/mol. The van der Waals surface area contributed by atoms with Gasteiger partial charge in [0.15, 0.2) is 11.5 Å². The van der Waals surface area contributed by atoms with Crippen molar-refractivity contribution < 1.29 is 19.1 Å². The molecule has 2 amide bonds. The second-order valence-electron chi connectivity index (χ2n) is 11.0. The normalized spacial score (nSPS) is 19.5. The summed E-state index contributed by atoms with van der Waals surface area (Å²) in [4.78, 5) is 31.3. The molecular weight excluding hydrogens is 576 g/mol. The van der Waals surface area contributed by atoms with Gasteiger partial charge in [-0.15, -0.1) is 12.4 Å². The van der Waals surface area contributed by atoms with Gasteiger partial charge in [0, 0.05) is 48.9 Å². The molecule has 0 radical (unpaired) electrons. The van der Waals surface area contributed by atoms with Crippen molar-refractivity contribution in [2.75, 3.05) is 49.3 Å². The van der Waals surface area contributed by atoms with Gasteiger partial charge in [-0.05, 0) is 81.3 Å². The molecule has 1 saturated heterocycles. The number of halogens is 1. The SMILES string of the molecule is CCOc1ccc(C2=NN(c3ccc(C(=O)N4CCN(c5ccccc5)CC4)cc3)C(=O)[C@H]3CC=CC[C@H]23)cc1OCC.Cl. The van der Waals surface area contributed by atoms with E-state index >= 15 is 0 Å². The average molecular weight is 615 g/mol. The number of benzene rings is 3. The summed E-state index contributed by atoms with van der Waals surface area (Å²) >= 11 is 0. The van der Waals surface area contributed by atoms with Crippen LogP contribution in [0.4, 0.5) is 11.4 Å². The number of fused-ring (bicyclic) bond motifs is 1. The summed E-state index contributed by atoms with van der Waals surface area (Å²) < 4.78 is 11.7. The average Bonchev–Trinajstić information content (AvgIpc) is 3.06. The fraction of sp³-hybridized carbons (Fsp3) is 0.343. The zero-order valence-electron chi connectivity index (χ0n) is 25.2. The van der Waals surface area contributed by atoms with Crippen LogP contribution in [0.3, 0.4) is 0 Å². The van der Waals surface area contributed by atoms with E-state index in [0.717, 1.165) is 30.8 Å². The van der Waals surface area contributed by atoms with Crippen LogP contribution >= 0.6 is 12.4 Å². The van der Waals surface area contributed by atoms with Gasteiger partial charge in [0.2, 0.25) is 0 Å². The van der Waals surface area contributed by atoms with Crippen molar-refractivity contribution in [2.24, 2.45) is 16.9 Å². The van der Waals surface area contributed by atoms with Crippen LogP contribution in [0.2, 0.25) is 0 Å². The zero-order chi connectivity index (χ0) is 29.8. The molecule has 1 aliphatic carbocycles. The number of anilines is 2. The lowest BCUT2D eigenvalue weighted by Gasteiger charge is -2.37. The molecule has 0 bridgehead atoms. The van der Waals surface area contributed by atoms with Crippen LogP contribution in [0.1, 0.15) is 42.6 Å². The maximum atomic E-state index is 13.7. The van der Waals surface area contributed by atoms with Crippen molar-refractivity contribution in [1.82, 2.24) is 4.90 Å². The maximum absolute atomic E-state index is 13.7. The molecule has 44 heavy (non-hydrogen) atoms. The third-order valence-electron chi connectivity index (χ3n) is 8.40. The van der Waals surface area contributed by atoms with Gasteiger partial charge >= 0.3 is 0 Å². The summed E-state index contributed by atoms with van der Waals surface area (Å²) in [6.07, 6.45) is 5.64. The number of rotatable bonds is 8. The largest absolute Gasteiger partial charge is 0.490 e. The van der Waals surface area contributed by atoms with E-state index in [4.69, 9.17) is 14.6 Å². The Kier molecular flexibility index (Phi) is 9.90. The monoisotopic (exact) mass is 614 g/mol. The van der Waals surface area contributed by atoms with Gasteiger partial charge in [0.1, 0.15) is 0 Å². The highest BCUT2D eigenvalue weighted by Gasteiger charge is 2.41. The zero-order valence-corrected chi connectivity index (χ0v) is 26.0. The van der Waals surface area contributed by atoms with Crippen molar-refractivity contribution in [2.45, 2.75) is 26.7 Å². The van der Waals surface area contributed by atoms with E-state index in [2.05, 4.69) is 29.2 Å². The van der Waals surface area contributed by atoms with Crippen LogP contribution in [0.25, 0.3) is 0 Å². The molecular formula is C35H39ClN4O4. The van der Waals surface area contributed by atoms with Gasteiger partial charge < -0.3 is 19.3 Å². The third-order valence-corrected chi connectivity index (χ3v) is 8.40. The summed E-state index contributed by atoms with van der Waals surface area (Å²) in [6, 6.07) is 23.4. The third kappa shape index (κ3) is 6.31. The van der Waals surface area contributed by atoms with Crippen molar-refractivity contribution >= 4 is 41.3 Å². The highest BCUT2D eigenvalue weighted by Crippen LogP contribution is 2.38. The Labute approximate surface area is 265 Å². The van der Waals surface area contributed by atoms with Crippen LogP contribution in [0.5, 0.6) is 11.5 Å². The quantitative estimate of drug-likeness (QED) is 0.282. The molecule has 9 heteroatoms. The molecule has 3 aliphatic rings. The molecule has 0 unspecified atom stereocenters. The minimum absolute atomic E-state index is 0. The van der Waals surface area contributed by atoms with Gasteiger partial charge in [0.25, 0.3) is 11.8 Å². The minimum atomic E-state index is -0.207. The smallest absolute Gasteiger partial charge is 0.253 e. The topological polar surface area (TPSA) is 74.7 Å². The van der Waals surface area contributed by atoms with E-state index < -0.39 is 0 Å². The van der Waals surface area contributed by atoms with Crippen LogP contribution in [-0.2, 0) is 4.79 Å². The van der Waals surface area contributed by atoms with Crippen LogP contribution in [0.15, 0.2) is 90.0 Å². The molecule has 2 aliphatic heterocycles. The fourth-order valence-corrected chi connectivity index (χ4v) is 6.18. The van der Waals surface area contributed by atoms with Gasteiger partial charge in [-0.3, -0.25) is 9.59 Å². The standard InChI is InChI=1S/C35H38N4O4.ClH/c1-3-42-31-19-16-26(24-32(31)43-4-2)33-29-12-8-9-13-30(29)35(41)39(36-33)28-17-14-25(15-18-28)34(40)38-22-20-37(21-23-38)27-10-6-5-7-11-27;/h5-11,14-19,24,29-30H,3-4,12-13,20-23H2,1-2H3;1H/t29-,30-;/m0./s1. The van der Waals surface area contributed by atoms with Gasteiger partial charge in [-0.1, -0.05) is 30.4 Å². The molecule has 8 nitrogen and oxygen atoms in total. The number of ether oxygens (including phenoxy) is 2. The number of hydrogen-bond acceptors (Lipinski definition) is 6. The van der Waals surface area contributed by atoms with E-state index in [9.17, 15) is 9.59 Å². The molecule has 0 N–H and O–H groups in total. The number of para-hydroxylation sites is 1. The second kappa shape index (κ2) is 14.0. The van der Waals surface area contributed by atoms with E-state index in [1.807, 2.05) is 67.3 Å². The number of carbonyl (C=O) groups excluding carboxylic acids is 2. The van der Waals surface area contributed by atoms with E-state index in [0.29, 0.717) is 55.5 Å². The molecule has 230 valence electrons. The van der Waals surface area contributed by atoms with Crippen molar-refractivity contribution in [3.8, 4) is 11.5 Å². The molecule has 0 aromatic heterocycles. The lowest BCUT2D eigenvalue weighted by atomic mass is 9.76. The molecule has 6 rings (SSSR count). The summed E-state index contributed by atoms with van der Waals surface area (Å²) in [6.45, 7) is 7.86. The summed E-state index contributed by atoms with van der Waals surface area (Å²) in [5.41, 5.74) is 4.21. The first-order valence-electron chi connectivity index (χ1n) is 15.2.